The molecule has 7 heteroatoms. The predicted octanol–water partition coefficient (Wildman–Crippen LogP) is 1.24. The maximum Gasteiger partial charge on any atom is 0.241 e. The topological polar surface area (TPSA) is 85.2 Å². The Balaban J connectivity index is 1.64. The predicted molar refractivity (Wildman–Crippen MR) is 90.4 cm³/mol. The summed E-state index contributed by atoms with van der Waals surface area (Å²) in [6, 6.07) is 11.3. The first kappa shape index (κ1) is 15.7. The van der Waals surface area contributed by atoms with Crippen molar-refractivity contribution in [1.29, 1.82) is 5.26 Å². The molecule has 0 unspecified atom stereocenters. The second-order valence-electron chi connectivity index (χ2n) is 5.66. The molecule has 1 amide bonds. The molecule has 122 valence electrons. The SMILES string of the molecule is CN1CCN(c2cc(NCc3ccc(C#N)cc3)ncn2)CC1=O. The third kappa shape index (κ3) is 3.60. The highest BCUT2D eigenvalue weighted by Crippen LogP contribution is 2.17. The summed E-state index contributed by atoms with van der Waals surface area (Å²) in [7, 11) is 1.81. The van der Waals surface area contributed by atoms with Crippen molar-refractivity contribution >= 4 is 17.5 Å². The van der Waals surface area contributed by atoms with Crippen molar-refractivity contribution in [3.63, 3.8) is 0 Å². The van der Waals surface area contributed by atoms with Crippen LogP contribution in [0.15, 0.2) is 36.7 Å². The number of likely N-dealkylation sites (N-methyl/N-ethyl adjacent to an activating group) is 1. The highest BCUT2D eigenvalue weighted by molar-refractivity contribution is 5.82. The lowest BCUT2D eigenvalue weighted by Gasteiger charge is -2.32. The van der Waals surface area contributed by atoms with Gasteiger partial charge in [-0.2, -0.15) is 5.26 Å². The van der Waals surface area contributed by atoms with Crippen molar-refractivity contribution in [1.82, 2.24) is 14.9 Å². The van der Waals surface area contributed by atoms with E-state index in [4.69, 9.17) is 5.26 Å². The van der Waals surface area contributed by atoms with Crippen LogP contribution >= 0.6 is 0 Å². The minimum atomic E-state index is 0.0898. The van der Waals surface area contributed by atoms with Gasteiger partial charge in [0.2, 0.25) is 5.91 Å². The number of aromatic nitrogens is 2. The van der Waals surface area contributed by atoms with E-state index in [0.717, 1.165) is 17.9 Å². The molecule has 1 aromatic carbocycles. The third-order valence-electron chi connectivity index (χ3n) is 3.99. The minimum absolute atomic E-state index is 0.0898. The van der Waals surface area contributed by atoms with Gasteiger partial charge in [-0.25, -0.2) is 9.97 Å². The molecule has 1 fully saturated rings. The molecular weight excluding hydrogens is 304 g/mol. The smallest absolute Gasteiger partial charge is 0.241 e. The molecule has 0 aliphatic carbocycles. The second kappa shape index (κ2) is 6.96. The first-order valence-corrected chi connectivity index (χ1v) is 7.69. The number of amides is 1. The van der Waals surface area contributed by atoms with Gasteiger partial charge in [0, 0.05) is 32.7 Å². The summed E-state index contributed by atoms with van der Waals surface area (Å²) in [4.78, 5) is 24.0. The average molecular weight is 322 g/mol. The van der Waals surface area contributed by atoms with E-state index in [9.17, 15) is 4.79 Å². The molecule has 2 aromatic rings. The molecule has 24 heavy (non-hydrogen) atoms. The van der Waals surface area contributed by atoms with Gasteiger partial charge in [0.05, 0.1) is 18.2 Å². The van der Waals surface area contributed by atoms with Crippen LogP contribution in [-0.2, 0) is 11.3 Å². The van der Waals surface area contributed by atoms with Crippen LogP contribution in [0, 0.1) is 11.3 Å². The van der Waals surface area contributed by atoms with Gasteiger partial charge in [-0.05, 0) is 17.7 Å². The summed E-state index contributed by atoms with van der Waals surface area (Å²) >= 11 is 0. The lowest BCUT2D eigenvalue weighted by Crippen LogP contribution is -2.48. The van der Waals surface area contributed by atoms with Crippen LogP contribution in [0.4, 0.5) is 11.6 Å². The number of carbonyl (C=O) groups is 1. The molecule has 0 saturated carbocycles. The van der Waals surface area contributed by atoms with E-state index in [-0.39, 0.29) is 5.91 Å². The van der Waals surface area contributed by atoms with Crippen LogP contribution in [0.3, 0.4) is 0 Å². The Morgan fingerprint density at radius 2 is 2.04 bits per heavy atom. The third-order valence-corrected chi connectivity index (χ3v) is 3.99. The Morgan fingerprint density at radius 1 is 1.25 bits per heavy atom. The second-order valence-corrected chi connectivity index (χ2v) is 5.66. The van der Waals surface area contributed by atoms with Gasteiger partial charge in [0.1, 0.15) is 18.0 Å². The Hall–Kier alpha value is -3.14. The van der Waals surface area contributed by atoms with Crippen molar-refractivity contribution in [3.05, 3.63) is 47.8 Å². The largest absolute Gasteiger partial charge is 0.366 e. The van der Waals surface area contributed by atoms with Gasteiger partial charge in [0.15, 0.2) is 0 Å². The fraction of sp³-hybridized carbons (Fsp3) is 0.294. The van der Waals surface area contributed by atoms with Crippen molar-refractivity contribution in [2.75, 3.05) is 36.9 Å². The standard InChI is InChI=1S/C17H18N6O/c1-22-6-7-23(11-17(22)24)16-8-15(20-12-21-16)19-10-14-4-2-13(9-18)3-5-14/h2-5,8,12H,6-7,10-11H2,1H3,(H,19,20,21). The van der Waals surface area contributed by atoms with Crippen molar-refractivity contribution in [3.8, 4) is 6.07 Å². The highest BCUT2D eigenvalue weighted by Gasteiger charge is 2.22. The van der Waals surface area contributed by atoms with E-state index in [2.05, 4.69) is 21.4 Å². The van der Waals surface area contributed by atoms with E-state index in [1.54, 1.807) is 17.0 Å². The number of rotatable bonds is 4. The molecule has 0 spiro atoms. The number of benzene rings is 1. The number of carbonyl (C=O) groups excluding carboxylic acids is 1. The Labute approximate surface area is 140 Å². The summed E-state index contributed by atoms with van der Waals surface area (Å²) in [5, 5.41) is 12.1. The minimum Gasteiger partial charge on any atom is -0.366 e. The maximum absolute atomic E-state index is 11.8. The molecule has 0 atom stereocenters. The van der Waals surface area contributed by atoms with Crippen LogP contribution < -0.4 is 10.2 Å². The molecule has 3 rings (SSSR count). The van der Waals surface area contributed by atoms with Crippen LogP contribution in [0.25, 0.3) is 0 Å². The van der Waals surface area contributed by atoms with E-state index in [0.29, 0.717) is 31.0 Å². The zero-order valence-corrected chi connectivity index (χ0v) is 13.4. The first-order chi connectivity index (χ1) is 11.7. The fourth-order valence-electron chi connectivity index (χ4n) is 2.46. The van der Waals surface area contributed by atoms with Gasteiger partial charge in [-0.15, -0.1) is 0 Å². The molecule has 7 nitrogen and oxygen atoms in total. The molecule has 2 heterocycles. The molecule has 1 N–H and O–H groups in total. The Bertz CT molecular complexity index is 767. The van der Waals surface area contributed by atoms with E-state index >= 15 is 0 Å². The summed E-state index contributed by atoms with van der Waals surface area (Å²) in [6.45, 7) is 2.39. The summed E-state index contributed by atoms with van der Waals surface area (Å²) < 4.78 is 0. The number of nitrogens with one attached hydrogen (secondary N) is 1. The molecule has 1 saturated heterocycles. The number of hydrogen-bond acceptors (Lipinski definition) is 6. The molecular formula is C17H18N6O. The van der Waals surface area contributed by atoms with E-state index in [1.165, 1.54) is 6.33 Å². The van der Waals surface area contributed by atoms with Crippen molar-refractivity contribution in [2.24, 2.45) is 0 Å². The van der Waals surface area contributed by atoms with Crippen LogP contribution in [0.1, 0.15) is 11.1 Å². The van der Waals surface area contributed by atoms with Crippen LogP contribution in [0.2, 0.25) is 0 Å². The lowest BCUT2D eigenvalue weighted by atomic mass is 10.1. The zero-order chi connectivity index (χ0) is 16.9. The van der Waals surface area contributed by atoms with Gasteiger partial charge >= 0.3 is 0 Å². The monoisotopic (exact) mass is 322 g/mol. The number of piperazine rings is 1. The Kier molecular flexibility index (Phi) is 4.57. The molecule has 0 bridgehead atoms. The van der Waals surface area contributed by atoms with Gasteiger partial charge in [0.25, 0.3) is 0 Å². The van der Waals surface area contributed by atoms with Gasteiger partial charge < -0.3 is 15.1 Å². The molecule has 0 radical (unpaired) electrons. The summed E-state index contributed by atoms with van der Waals surface area (Å²) in [5.41, 5.74) is 1.70. The van der Waals surface area contributed by atoms with Crippen LogP contribution in [-0.4, -0.2) is 47.5 Å². The zero-order valence-electron chi connectivity index (χ0n) is 13.4. The van der Waals surface area contributed by atoms with Gasteiger partial charge in [-0.3, -0.25) is 4.79 Å². The van der Waals surface area contributed by atoms with Crippen LogP contribution in [0.5, 0.6) is 0 Å². The number of hydrogen-bond donors (Lipinski definition) is 1. The van der Waals surface area contributed by atoms with Gasteiger partial charge in [-0.1, -0.05) is 12.1 Å². The summed E-state index contributed by atoms with van der Waals surface area (Å²) in [6.07, 6.45) is 1.50. The number of nitrogens with zero attached hydrogens (tertiary/aromatic N) is 5. The van der Waals surface area contributed by atoms with Crippen molar-refractivity contribution < 1.29 is 4.79 Å². The summed E-state index contributed by atoms with van der Waals surface area (Å²) in [5.74, 6) is 1.54. The Morgan fingerprint density at radius 3 is 2.75 bits per heavy atom. The highest BCUT2D eigenvalue weighted by atomic mass is 16.2. The van der Waals surface area contributed by atoms with Crippen molar-refractivity contribution in [2.45, 2.75) is 6.54 Å². The fourth-order valence-corrected chi connectivity index (χ4v) is 2.46. The number of anilines is 2. The number of nitriles is 1. The molecule has 1 aliphatic heterocycles. The van der Waals surface area contributed by atoms with E-state index < -0.39 is 0 Å². The van der Waals surface area contributed by atoms with E-state index in [1.807, 2.05) is 30.1 Å². The molecule has 1 aromatic heterocycles. The molecule has 1 aliphatic rings. The first-order valence-electron chi connectivity index (χ1n) is 7.69. The lowest BCUT2D eigenvalue weighted by molar-refractivity contribution is -0.129. The quantitative estimate of drug-likeness (QED) is 0.911. The normalized spacial score (nSPS) is 14.4. The maximum atomic E-state index is 11.8. The average Bonchev–Trinajstić information content (AvgIpc) is 2.63.